The van der Waals surface area contributed by atoms with E-state index in [4.69, 9.17) is 16.3 Å². The van der Waals surface area contributed by atoms with Gasteiger partial charge in [0.05, 0.1) is 5.69 Å². The summed E-state index contributed by atoms with van der Waals surface area (Å²) in [4.78, 5) is 17.3. The molecule has 1 fully saturated rings. The fourth-order valence-electron chi connectivity index (χ4n) is 4.20. The van der Waals surface area contributed by atoms with Gasteiger partial charge in [-0.05, 0) is 62.2 Å². The molecule has 33 heavy (non-hydrogen) atoms. The molecule has 174 valence electrons. The zero-order valence-corrected chi connectivity index (χ0v) is 19.8. The SMILES string of the molecule is Cc1cc(OCC(=O)N2C[C@H](C)N(Cc3ccc(F)cc3)C[C@H]2C)c(-c2cc[nH]n2)cc1Cl. The maximum absolute atomic E-state index is 13.2. The zero-order valence-electron chi connectivity index (χ0n) is 19.0. The lowest BCUT2D eigenvalue weighted by atomic mass is 10.1. The van der Waals surface area contributed by atoms with Gasteiger partial charge in [-0.25, -0.2) is 4.39 Å². The molecule has 8 heteroatoms. The highest BCUT2D eigenvalue weighted by Gasteiger charge is 2.32. The second-order valence-electron chi connectivity index (χ2n) is 8.65. The Hall–Kier alpha value is -2.90. The second-order valence-corrected chi connectivity index (χ2v) is 9.05. The van der Waals surface area contributed by atoms with Crippen LogP contribution in [0.15, 0.2) is 48.7 Å². The van der Waals surface area contributed by atoms with Crippen LogP contribution in [-0.4, -0.2) is 57.7 Å². The lowest BCUT2D eigenvalue weighted by Crippen LogP contribution is -2.58. The monoisotopic (exact) mass is 470 g/mol. The number of hydrogen-bond donors (Lipinski definition) is 1. The number of nitrogens with zero attached hydrogens (tertiary/aromatic N) is 3. The maximum Gasteiger partial charge on any atom is 0.260 e. The number of rotatable bonds is 6. The second kappa shape index (κ2) is 9.93. The van der Waals surface area contributed by atoms with Crippen LogP contribution in [0.4, 0.5) is 4.39 Å². The third kappa shape index (κ3) is 5.37. The molecule has 0 spiro atoms. The smallest absolute Gasteiger partial charge is 0.260 e. The molecule has 1 amide bonds. The van der Waals surface area contributed by atoms with Crippen molar-refractivity contribution >= 4 is 17.5 Å². The van der Waals surface area contributed by atoms with Gasteiger partial charge in [0.25, 0.3) is 5.91 Å². The number of carbonyl (C=O) groups is 1. The molecule has 2 heterocycles. The lowest BCUT2D eigenvalue weighted by Gasteiger charge is -2.44. The summed E-state index contributed by atoms with van der Waals surface area (Å²) in [6, 6.07) is 12.3. The van der Waals surface area contributed by atoms with Crippen LogP contribution in [-0.2, 0) is 11.3 Å². The summed E-state index contributed by atoms with van der Waals surface area (Å²) < 4.78 is 19.2. The molecule has 2 atom stereocenters. The van der Waals surface area contributed by atoms with Crippen LogP contribution in [0, 0.1) is 12.7 Å². The number of amides is 1. The fraction of sp³-hybridized carbons (Fsp3) is 0.360. The van der Waals surface area contributed by atoms with Crippen LogP contribution >= 0.6 is 11.6 Å². The van der Waals surface area contributed by atoms with E-state index in [1.165, 1.54) is 12.1 Å². The van der Waals surface area contributed by atoms with Crippen LogP contribution in [0.2, 0.25) is 5.02 Å². The number of carbonyl (C=O) groups excluding carboxylic acids is 1. The van der Waals surface area contributed by atoms with Gasteiger partial charge in [-0.1, -0.05) is 23.7 Å². The van der Waals surface area contributed by atoms with Crippen molar-refractivity contribution in [3.05, 3.63) is 70.6 Å². The molecule has 0 aliphatic carbocycles. The Balaban J connectivity index is 1.40. The van der Waals surface area contributed by atoms with Crippen LogP contribution in [0.25, 0.3) is 11.3 Å². The van der Waals surface area contributed by atoms with E-state index in [9.17, 15) is 9.18 Å². The third-order valence-corrected chi connectivity index (χ3v) is 6.53. The van der Waals surface area contributed by atoms with Crippen molar-refractivity contribution in [2.45, 2.75) is 39.4 Å². The van der Waals surface area contributed by atoms with Crippen molar-refractivity contribution in [3.8, 4) is 17.0 Å². The number of halogens is 2. The van der Waals surface area contributed by atoms with Gasteiger partial charge in [-0.15, -0.1) is 0 Å². The average molecular weight is 471 g/mol. The van der Waals surface area contributed by atoms with Gasteiger partial charge < -0.3 is 9.64 Å². The van der Waals surface area contributed by atoms with Crippen molar-refractivity contribution < 1.29 is 13.9 Å². The van der Waals surface area contributed by atoms with E-state index in [0.29, 0.717) is 23.0 Å². The van der Waals surface area contributed by atoms with E-state index >= 15 is 0 Å². The first kappa shape index (κ1) is 23.3. The van der Waals surface area contributed by atoms with Crippen LogP contribution < -0.4 is 4.74 Å². The van der Waals surface area contributed by atoms with Gasteiger partial charge in [-0.2, -0.15) is 5.10 Å². The summed E-state index contributed by atoms with van der Waals surface area (Å²) in [6.45, 7) is 8.06. The van der Waals surface area contributed by atoms with Gasteiger partial charge in [0.15, 0.2) is 6.61 Å². The number of nitrogens with one attached hydrogen (secondary N) is 1. The van der Waals surface area contributed by atoms with E-state index in [2.05, 4.69) is 22.0 Å². The Bertz CT molecular complexity index is 1100. The number of aryl methyl sites for hydroxylation is 1. The van der Waals surface area contributed by atoms with Gasteiger partial charge in [-0.3, -0.25) is 14.8 Å². The van der Waals surface area contributed by atoms with E-state index in [-0.39, 0.29) is 30.4 Å². The molecule has 1 aromatic heterocycles. The minimum absolute atomic E-state index is 0.0375. The highest BCUT2D eigenvalue weighted by molar-refractivity contribution is 6.31. The Morgan fingerprint density at radius 1 is 1.18 bits per heavy atom. The van der Waals surface area contributed by atoms with Crippen molar-refractivity contribution in [2.24, 2.45) is 0 Å². The predicted molar refractivity (Wildman–Crippen MR) is 127 cm³/mol. The molecule has 0 saturated carbocycles. The van der Waals surface area contributed by atoms with E-state index < -0.39 is 0 Å². The summed E-state index contributed by atoms with van der Waals surface area (Å²) in [6.07, 6.45) is 1.73. The summed E-state index contributed by atoms with van der Waals surface area (Å²) in [5.74, 6) is 0.284. The molecule has 3 aromatic rings. The van der Waals surface area contributed by atoms with Gasteiger partial charge in [0.1, 0.15) is 11.6 Å². The minimum Gasteiger partial charge on any atom is -0.483 e. The van der Waals surface area contributed by atoms with Crippen LogP contribution in [0.5, 0.6) is 5.75 Å². The predicted octanol–water partition coefficient (Wildman–Crippen LogP) is 4.68. The molecule has 0 radical (unpaired) electrons. The quantitative estimate of drug-likeness (QED) is 0.568. The Morgan fingerprint density at radius 2 is 1.94 bits per heavy atom. The maximum atomic E-state index is 13.2. The first-order valence-corrected chi connectivity index (χ1v) is 11.4. The van der Waals surface area contributed by atoms with E-state index in [0.717, 1.165) is 29.8 Å². The standard InChI is InChI=1S/C25H28ClFN4O2/c1-16-10-24(21(11-22(16)26)23-8-9-28-29-23)33-15-25(32)31-13-17(2)30(12-18(31)3)14-19-4-6-20(27)7-5-19/h4-11,17-18H,12-15H2,1-3H3,(H,28,29)/t17-,18+/m0/s1. The van der Waals surface area contributed by atoms with Crippen LogP contribution in [0.3, 0.4) is 0 Å². The van der Waals surface area contributed by atoms with E-state index in [1.54, 1.807) is 6.20 Å². The molecular formula is C25H28ClFN4O2. The van der Waals surface area contributed by atoms with Gasteiger partial charge in [0, 0.05) is 48.5 Å². The van der Waals surface area contributed by atoms with Gasteiger partial charge >= 0.3 is 0 Å². The number of H-pyrrole nitrogens is 1. The number of aromatic nitrogens is 2. The third-order valence-electron chi connectivity index (χ3n) is 6.12. The fourth-order valence-corrected chi connectivity index (χ4v) is 4.36. The van der Waals surface area contributed by atoms with Crippen molar-refractivity contribution in [1.82, 2.24) is 20.0 Å². The molecule has 1 aliphatic rings. The molecule has 4 rings (SSSR count). The summed E-state index contributed by atoms with van der Waals surface area (Å²) in [7, 11) is 0. The van der Waals surface area contributed by atoms with E-state index in [1.807, 2.05) is 49.1 Å². The summed E-state index contributed by atoms with van der Waals surface area (Å²) >= 11 is 6.31. The number of benzene rings is 2. The molecule has 1 aliphatic heterocycles. The number of piperazine rings is 1. The molecule has 1 N–H and O–H groups in total. The normalized spacial score (nSPS) is 19.0. The molecule has 0 bridgehead atoms. The van der Waals surface area contributed by atoms with Crippen molar-refractivity contribution in [3.63, 3.8) is 0 Å². The average Bonchev–Trinajstić information content (AvgIpc) is 3.32. The number of ether oxygens (including phenoxy) is 1. The molecule has 2 aromatic carbocycles. The Labute approximate surface area is 198 Å². The largest absolute Gasteiger partial charge is 0.483 e. The molecule has 0 unspecified atom stereocenters. The Morgan fingerprint density at radius 3 is 2.64 bits per heavy atom. The zero-order chi connectivity index (χ0) is 23.5. The highest BCUT2D eigenvalue weighted by Crippen LogP contribution is 2.34. The first-order chi connectivity index (χ1) is 15.8. The minimum atomic E-state index is -0.234. The summed E-state index contributed by atoms with van der Waals surface area (Å²) in [5, 5.41) is 7.63. The molecular weight excluding hydrogens is 443 g/mol. The first-order valence-electron chi connectivity index (χ1n) is 11.0. The highest BCUT2D eigenvalue weighted by atomic mass is 35.5. The number of aromatic amines is 1. The van der Waals surface area contributed by atoms with Crippen LogP contribution in [0.1, 0.15) is 25.0 Å². The molecule has 6 nitrogen and oxygen atoms in total. The number of hydrogen-bond acceptors (Lipinski definition) is 4. The lowest BCUT2D eigenvalue weighted by molar-refractivity contribution is -0.139. The topological polar surface area (TPSA) is 61.5 Å². The summed E-state index contributed by atoms with van der Waals surface area (Å²) in [5.41, 5.74) is 3.37. The van der Waals surface area contributed by atoms with Gasteiger partial charge in [0.2, 0.25) is 0 Å². The van der Waals surface area contributed by atoms with Crippen molar-refractivity contribution in [2.75, 3.05) is 19.7 Å². The van der Waals surface area contributed by atoms with Crippen molar-refractivity contribution in [1.29, 1.82) is 0 Å². The molecule has 1 saturated heterocycles. The Kier molecular flexibility index (Phi) is 7.00.